The van der Waals surface area contributed by atoms with Crippen LogP contribution in [0.4, 0.5) is 0 Å². The van der Waals surface area contributed by atoms with E-state index < -0.39 is 0 Å². The van der Waals surface area contributed by atoms with E-state index in [-0.39, 0.29) is 28.6 Å². The summed E-state index contributed by atoms with van der Waals surface area (Å²) in [6, 6.07) is 8.57. The van der Waals surface area contributed by atoms with Crippen LogP contribution in [0.15, 0.2) is 36.4 Å². The number of hydrogen-bond acceptors (Lipinski definition) is 4. The fraction of sp³-hybridized carbons (Fsp3) is 0. The zero-order chi connectivity index (χ0) is 13.1. The Morgan fingerprint density at radius 2 is 1.28 bits per heavy atom. The van der Waals surface area contributed by atoms with Crippen LogP contribution in [0.1, 0.15) is 11.1 Å². The van der Waals surface area contributed by atoms with Gasteiger partial charge < -0.3 is 20.4 Å². The Kier molecular flexibility index (Phi) is 3.10. The zero-order valence-corrected chi connectivity index (χ0v) is 9.41. The van der Waals surface area contributed by atoms with Crippen molar-refractivity contribution in [3.8, 4) is 23.0 Å². The molecule has 4 nitrogen and oxygen atoms in total. The summed E-state index contributed by atoms with van der Waals surface area (Å²) in [6.45, 7) is 0. The highest BCUT2D eigenvalue weighted by molar-refractivity contribution is 5.76. The summed E-state index contributed by atoms with van der Waals surface area (Å²) in [4.78, 5) is 0. The van der Waals surface area contributed by atoms with Gasteiger partial charge in [0.15, 0.2) is 0 Å². The molecule has 0 aliphatic carbocycles. The normalized spacial score (nSPS) is 10.9. The van der Waals surface area contributed by atoms with Crippen molar-refractivity contribution in [3.05, 3.63) is 47.5 Å². The maximum atomic E-state index is 9.57. The van der Waals surface area contributed by atoms with Crippen LogP contribution in [-0.4, -0.2) is 20.4 Å². The number of phenols is 4. The molecule has 0 radical (unpaired) electrons. The fourth-order valence-electron chi connectivity index (χ4n) is 1.61. The Balaban J connectivity index is 2.36. The van der Waals surface area contributed by atoms with Crippen molar-refractivity contribution in [1.29, 1.82) is 0 Å². The van der Waals surface area contributed by atoms with Gasteiger partial charge in [0.1, 0.15) is 23.0 Å². The van der Waals surface area contributed by atoms with Gasteiger partial charge in [-0.2, -0.15) is 0 Å². The van der Waals surface area contributed by atoms with Gasteiger partial charge in [-0.25, -0.2) is 0 Å². The average Bonchev–Trinajstić information content (AvgIpc) is 2.27. The number of benzene rings is 2. The molecular formula is C14H12O4. The van der Waals surface area contributed by atoms with Crippen molar-refractivity contribution in [2.24, 2.45) is 0 Å². The van der Waals surface area contributed by atoms with E-state index in [9.17, 15) is 20.4 Å². The number of aromatic hydroxyl groups is 4. The summed E-state index contributed by atoms with van der Waals surface area (Å²) in [7, 11) is 0. The topological polar surface area (TPSA) is 80.9 Å². The third kappa shape index (κ3) is 2.55. The predicted molar refractivity (Wildman–Crippen MR) is 68.5 cm³/mol. The van der Waals surface area contributed by atoms with Crippen LogP contribution in [0.3, 0.4) is 0 Å². The quantitative estimate of drug-likeness (QED) is 0.612. The molecule has 0 spiro atoms. The molecule has 0 aliphatic rings. The molecule has 0 saturated carbocycles. The lowest BCUT2D eigenvalue weighted by atomic mass is 10.1. The highest BCUT2D eigenvalue weighted by atomic mass is 16.3. The van der Waals surface area contributed by atoms with Crippen LogP contribution in [0.25, 0.3) is 12.2 Å². The molecular weight excluding hydrogens is 232 g/mol. The van der Waals surface area contributed by atoms with E-state index in [1.807, 2.05) is 0 Å². The minimum absolute atomic E-state index is 0.0457. The van der Waals surface area contributed by atoms with Crippen LogP contribution in [0, 0.1) is 0 Å². The van der Waals surface area contributed by atoms with Gasteiger partial charge in [0.25, 0.3) is 0 Å². The first-order valence-corrected chi connectivity index (χ1v) is 5.28. The third-order valence-corrected chi connectivity index (χ3v) is 2.43. The molecule has 0 aromatic heterocycles. The molecule has 4 heteroatoms. The van der Waals surface area contributed by atoms with Crippen LogP contribution < -0.4 is 0 Å². The van der Waals surface area contributed by atoms with Gasteiger partial charge in [0.2, 0.25) is 0 Å². The smallest absolute Gasteiger partial charge is 0.126 e. The van der Waals surface area contributed by atoms with Crippen molar-refractivity contribution in [3.63, 3.8) is 0 Å². The van der Waals surface area contributed by atoms with Gasteiger partial charge in [-0.05, 0) is 35.9 Å². The van der Waals surface area contributed by atoms with Crippen LogP contribution in [-0.2, 0) is 0 Å². The van der Waals surface area contributed by atoms with Crippen LogP contribution in [0.2, 0.25) is 0 Å². The van der Waals surface area contributed by atoms with Gasteiger partial charge in [-0.1, -0.05) is 12.1 Å². The molecule has 0 saturated heterocycles. The minimum Gasteiger partial charge on any atom is -0.508 e. The standard InChI is InChI=1S/C14H12O4/c15-10-6-9(7-11(16)8-10)4-5-12-13(17)2-1-3-14(12)18/h1-8,15-18H/b5-4+. The Bertz CT molecular complexity index is 562. The lowest BCUT2D eigenvalue weighted by Gasteiger charge is -2.02. The SMILES string of the molecule is Oc1cc(O)cc(/C=C/c2c(O)cccc2O)c1. The lowest BCUT2D eigenvalue weighted by molar-refractivity contribution is 0.448. The first-order chi connectivity index (χ1) is 8.56. The maximum absolute atomic E-state index is 9.57. The molecule has 18 heavy (non-hydrogen) atoms. The second-order valence-electron chi connectivity index (χ2n) is 3.83. The Morgan fingerprint density at radius 3 is 1.83 bits per heavy atom. The summed E-state index contributed by atoms with van der Waals surface area (Å²) in [6.07, 6.45) is 3.06. The van der Waals surface area contributed by atoms with E-state index in [1.54, 1.807) is 6.08 Å². The van der Waals surface area contributed by atoms with Gasteiger partial charge in [-0.15, -0.1) is 0 Å². The molecule has 0 aliphatic heterocycles. The van der Waals surface area contributed by atoms with Gasteiger partial charge >= 0.3 is 0 Å². The molecule has 2 aromatic carbocycles. The van der Waals surface area contributed by atoms with E-state index >= 15 is 0 Å². The van der Waals surface area contributed by atoms with Gasteiger partial charge in [-0.3, -0.25) is 0 Å². The second-order valence-corrected chi connectivity index (χ2v) is 3.83. The Morgan fingerprint density at radius 1 is 0.722 bits per heavy atom. The van der Waals surface area contributed by atoms with Gasteiger partial charge in [0.05, 0.1) is 5.56 Å². The van der Waals surface area contributed by atoms with Crippen molar-refractivity contribution in [1.82, 2.24) is 0 Å². The van der Waals surface area contributed by atoms with E-state index in [0.29, 0.717) is 5.56 Å². The molecule has 92 valence electrons. The van der Waals surface area contributed by atoms with Crippen molar-refractivity contribution >= 4 is 12.2 Å². The van der Waals surface area contributed by atoms with Crippen molar-refractivity contribution < 1.29 is 20.4 Å². The van der Waals surface area contributed by atoms with E-state index in [1.165, 1.54) is 42.5 Å². The monoisotopic (exact) mass is 244 g/mol. The third-order valence-electron chi connectivity index (χ3n) is 2.43. The number of phenolic OH excluding ortho intramolecular Hbond substituents is 4. The average molecular weight is 244 g/mol. The Hall–Kier alpha value is -2.62. The largest absolute Gasteiger partial charge is 0.508 e. The molecule has 0 heterocycles. The number of hydrogen-bond donors (Lipinski definition) is 4. The summed E-state index contributed by atoms with van der Waals surface area (Å²) >= 11 is 0. The first-order valence-electron chi connectivity index (χ1n) is 5.28. The molecule has 2 rings (SSSR count). The maximum Gasteiger partial charge on any atom is 0.126 e. The van der Waals surface area contributed by atoms with Crippen LogP contribution in [0.5, 0.6) is 23.0 Å². The molecule has 0 bridgehead atoms. The van der Waals surface area contributed by atoms with Crippen LogP contribution >= 0.6 is 0 Å². The molecule has 0 amide bonds. The minimum atomic E-state index is -0.0591. The molecule has 2 aromatic rings. The van der Waals surface area contributed by atoms with Crippen molar-refractivity contribution in [2.45, 2.75) is 0 Å². The van der Waals surface area contributed by atoms with E-state index in [2.05, 4.69) is 0 Å². The van der Waals surface area contributed by atoms with Crippen molar-refractivity contribution in [2.75, 3.05) is 0 Å². The fourth-order valence-corrected chi connectivity index (χ4v) is 1.61. The Labute approximate surface area is 104 Å². The zero-order valence-electron chi connectivity index (χ0n) is 9.41. The number of rotatable bonds is 2. The predicted octanol–water partition coefficient (Wildman–Crippen LogP) is 2.68. The van der Waals surface area contributed by atoms with Gasteiger partial charge in [0, 0.05) is 6.07 Å². The summed E-state index contributed by atoms with van der Waals surface area (Å²) in [5, 5.41) is 37.8. The molecule has 0 fully saturated rings. The van der Waals surface area contributed by atoms with E-state index in [0.717, 1.165) is 0 Å². The highest BCUT2D eigenvalue weighted by Gasteiger charge is 2.03. The second kappa shape index (κ2) is 4.71. The van der Waals surface area contributed by atoms with E-state index in [4.69, 9.17) is 0 Å². The molecule has 0 unspecified atom stereocenters. The molecule has 0 atom stereocenters. The summed E-state index contributed by atoms with van der Waals surface area (Å²) in [5.41, 5.74) is 0.829. The highest BCUT2D eigenvalue weighted by Crippen LogP contribution is 2.29. The summed E-state index contributed by atoms with van der Waals surface area (Å²) in [5.74, 6) is -0.210. The molecule has 4 N–H and O–H groups in total. The first kappa shape index (κ1) is 11.9. The lowest BCUT2D eigenvalue weighted by Crippen LogP contribution is -1.77. The summed E-state index contributed by atoms with van der Waals surface area (Å²) < 4.78 is 0.